The third-order valence-corrected chi connectivity index (χ3v) is 5.20. The van der Waals surface area contributed by atoms with Crippen LogP contribution in [0.4, 0.5) is 0 Å². The first-order valence-corrected chi connectivity index (χ1v) is 7.98. The van der Waals surface area contributed by atoms with Crippen LogP contribution in [-0.4, -0.2) is 12.9 Å². The lowest BCUT2D eigenvalue weighted by Crippen LogP contribution is -2.12. The second kappa shape index (κ2) is 5.62. The summed E-state index contributed by atoms with van der Waals surface area (Å²) in [5.74, 6) is 1.05. The predicted octanol–water partition coefficient (Wildman–Crippen LogP) is 4.88. The Kier molecular flexibility index (Phi) is 3.85. The highest BCUT2D eigenvalue weighted by atomic mass is 79.9. The van der Waals surface area contributed by atoms with Crippen molar-refractivity contribution in [1.29, 1.82) is 0 Å². The van der Waals surface area contributed by atoms with Crippen LogP contribution in [0, 0.1) is 0 Å². The fourth-order valence-electron chi connectivity index (χ4n) is 2.30. The predicted molar refractivity (Wildman–Crippen MR) is 84.7 cm³/mol. The molecule has 102 valence electrons. The Morgan fingerprint density at radius 2 is 1.95 bits per heavy atom. The lowest BCUT2D eigenvalue weighted by molar-refractivity contribution is 0.0976. The standard InChI is InChI=1S/C16H13BrO2S/c1-19-12-5-2-10(3-6-12)16-9-14(18)13-8-11(17)4-7-15(13)20-16/h2-8,16H,9H2,1H3. The van der Waals surface area contributed by atoms with Crippen LogP contribution in [0.15, 0.2) is 51.8 Å². The molecule has 2 aromatic carbocycles. The Morgan fingerprint density at radius 3 is 2.65 bits per heavy atom. The maximum absolute atomic E-state index is 12.3. The molecule has 1 aliphatic heterocycles. The van der Waals surface area contributed by atoms with Gasteiger partial charge in [0.1, 0.15) is 5.75 Å². The van der Waals surface area contributed by atoms with E-state index in [1.807, 2.05) is 42.5 Å². The number of halogens is 1. The Morgan fingerprint density at radius 1 is 1.20 bits per heavy atom. The largest absolute Gasteiger partial charge is 0.497 e. The first-order valence-electron chi connectivity index (χ1n) is 6.31. The zero-order chi connectivity index (χ0) is 14.1. The second-order valence-electron chi connectivity index (χ2n) is 4.65. The molecule has 0 aliphatic carbocycles. The molecule has 4 heteroatoms. The van der Waals surface area contributed by atoms with Gasteiger partial charge in [-0.1, -0.05) is 28.1 Å². The molecule has 2 aromatic rings. The van der Waals surface area contributed by atoms with Crippen LogP contribution in [-0.2, 0) is 0 Å². The fraction of sp³-hybridized carbons (Fsp3) is 0.188. The minimum atomic E-state index is 0.182. The van der Waals surface area contributed by atoms with Gasteiger partial charge < -0.3 is 4.74 Å². The normalized spacial score (nSPS) is 17.7. The molecular formula is C16H13BrO2S. The smallest absolute Gasteiger partial charge is 0.165 e. The first kappa shape index (κ1) is 13.7. The molecule has 0 spiro atoms. The summed E-state index contributed by atoms with van der Waals surface area (Å²) >= 11 is 5.17. The lowest BCUT2D eigenvalue weighted by Gasteiger charge is -2.23. The summed E-state index contributed by atoms with van der Waals surface area (Å²) in [4.78, 5) is 13.3. The number of ketones is 1. The van der Waals surface area contributed by atoms with E-state index < -0.39 is 0 Å². The number of thioether (sulfide) groups is 1. The molecule has 1 atom stereocenters. The summed E-state index contributed by atoms with van der Waals surface area (Å²) in [6.45, 7) is 0. The van der Waals surface area contributed by atoms with Crippen molar-refractivity contribution in [3.05, 3.63) is 58.1 Å². The third-order valence-electron chi connectivity index (χ3n) is 3.37. The quantitative estimate of drug-likeness (QED) is 0.773. The Hall–Kier alpha value is -1.26. The molecule has 0 aromatic heterocycles. The van der Waals surface area contributed by atoms with E-state index >= 15 is 0 Å². The molecule has 0 amide bonds. The van der Waals surface area contributed by atoms with Gasteiger partial charge in [0.15, 0.2) is 5.78 Å². The molecule has 0 fully saturated rings. The summed E-state index contributed by atoms with van der Waals surface area (Å²) in [6, 6.07) is 13.9. The van der Waals surface area contributed by atoms with Crippen LogP contribution in [0.25, 0.3) is 0 Å². The molecule has 1 heterocycles. The summed E-state index contributed by atoms with van der Waals surface area (Å²) in [6.07, 6.45) is 0.542. The van der Waals surface area contributed by atoms with Gasteiger partial charge in [-0.2, -0.15) is 0 Å². The minimum absolute atomic E-state index is 0.182. The summed E-state index contributed by atoms with van der Waals surface area (Å²) in [5.41, 5.74) is 1.99. The molecule has 0 bridgehead atoms. The molecule has 3 rings (SSSR count). The molecule has 0 radical (unpaired) electrons. The van der Waals surface area contributed by atoms with Crippen LogP contribution < -0.4 is 4.74 Å². The number of carbonyl (C=O) groups is 1. The Balaban J connectivity index is 1.90. The highest BCUT2D eigenvalue weighted by Crippen LogP contribution is 2.45. The highest BCUT2D eigenvalue weighted by Gasteiger charge is 2.27. The van der Waals surface area contributed by atoms with Gasteiger partial charge in [0, 0.05) is 26.6 Å². The summed E-state index contributed by atoms with van der Waals surface area (Å²) in [5, 5.41) is 0.182. The van der Waals surface area contributed by atoms with Crippen molar-refractivity contribution >= 4 is 33.5 Å². The van der Waals surface area contributed by atoms with Gasteiger partial charge >= 0.3 is 0 Å². The van der Waals surface area contributed by atoms with Gasteiger partial charge in [-0.15, -0.1) is 11.8 Å². The fourth-order valence-corrected chi connectivity index (χ4v) is 3.94. The summed E-state index contributed by atoms with van der Waals surface area (Å²) in [7, 11) is 1.65. The molecule has 0 saturated carbocycles. The van der Waals surface area contributed by atoms with Crippen molar-refractivity contribution in [2.45, 2.75) is 16.6 Å². The van der Waals surface area contributed by atoms with E-state index in [1.165, 1.54) is 0 Å². The molecule has 0 saturated heterocycles. The molecule has 1 unspecified atom stereocenters. The van der Waals surface area contributed by atoms with Crippen LogP contribution in [0.3, 0.4) is 0 Å². The van der Waals surface area contributed by atoms with Crippen molar-refractivity contribution in [2.75, 3.05) is 7.11 Å². The zero-order valence-electron chi connectivity index (χ0n) is 10.9. The molecule has 20 heavy (non-hydrogen) atoms. The van der Waals surface area contributed by atoms with Gasteiger partial charge in [0.05, 0.1) is 7.11 Å². The monoisotopic (exact) mass is 348 g/mol. The third kappa shape index (κ3) is 2.63. The van der Waals surface area contributed by atoms with E-state index in [9.17, 15) is 4.79 Å². The average Bonchev–Trinajstić information content (AvgIpc) is 2.48. The maximum atomic E-state index is 12.3. The number of benzene rings is 2. The Labute approximate surface area is 130 Å². The number of Topliss-reactive ketones (excluding diaryl/α,β-unsaturated/α-hetero) is 1. The van der Waals surface area contributed by atoms with Crippen molar-refractivity contribution in [1.82, 2.24) is 0 Å². The number of ether oxygens (including phenoxy) is 1. The zero-order valence-corrected chi connectivity index (χ0v) is 13.3. The first-order chi connectivity index (χ1) is 9.67. The van der Waals surface area contributed by atoms with Crippen LogP contribution in [0.2, 0.25) is 0 Å². The molecular weight excluding hydrogens is 336 g/mol. The van der Waals surface area contributed by atoms with Crippen LogP contribution >= 0.6 is 27.7 Å². The number of hydrogen-bond donors (Lipinski definition) is 0. The van der Waals surface area contributed by atoms with Crippen molar-refractivity contribution < 1.29 is 9.53 Å². The van der Waals surface area contributed by atoms with Gasteiger partial charge in [0.2, 0.25) is 0 Å². The van der Waals surface area contributed by atoms with Crippen molar-refractivity contribution in [3.63, 3.8) is 0 Å². The Bertz CT molecular complexity index is 652. The van der Waals surface area contributed by atoms with Gasteiger partial charge in [-0.3, -0.25) is 4.79 Å². The second-order valence-corrected chi connectivity index (χ2v) is 6.81. The lowest BCUT2D eigenvalue weighted by atomic mass is 10.0. The minimum Gasteiger partial charge on any atom is -0.497 e. The van der Waals surface area contributed by atoms with E-state index in [0.717, 1.165) is 26.2 Å². The average molecular weight is 349 g/mol. The van der Waals surface area contributed by atoms with E-state index in [2.05, 4.69) is 15.9 Å². The number of carbonyl (C=O) groups excluding carboxylic acids is 1. The van der Waals surface area contributed by atoms with Gasteiger partial charge in [0.25, 0.3) is 0 Å². The number of hydrogen-bond acceptors (Lipinski definition) is 3. The summed E-state index contributed by atoms with van der Waals surface area (Å²) < 4.78 is 6.12. The number of methoxy groups -OCH3 is 1. The number of fused-ring (bicyclic) bond motifs is 1. The highest BCUT2D eigenvalue weighted by molar-refractivity contribution is 9.10. The van der Waals surface area contributed by atoms with Crippen molar-refractivity contribution in [3.8, 4) is 5.75 Å². The molecule has 1 aliphatic rings. The van der Waals surface area contributed by atoms with E-state index in [4.69, 9.17) is 4.74 Å². The number of rotatable bonds is 2. The van der Waals surface area contributed by atoms with E-state index in [0.29, 0.717) is 6.42 Å². The molecule has 0 N–H and O–H groups in total. The maximum Gasteiger partial charge on any atom is 0.165 e. The van der Waals surface area contributed by atoms with Crippen LogP contribution in [0.5, 0.6) is 5.75 Å². The van der Waals surface area contributed by atoms with Crippen LogP contribution in [0.1, 0.15) is 27.6 Å². The SMILES string of the molecule is COc1ccc(C2CC(=O)c3cc(Br)ccc3S2)cc1. The van der Waals surface area contributed by atoms with Crippen molar-refractivity contribution in [2.24, 2.45) is 0 Å². The van der Waals surface area contributed by atoms with Gasteiger partial charge in [-0.25, -0.2) is 0 Å². The van der Waals surface area contributed by atoms with Gasteiger partial charge in [-0.05, 0) is 35.9 Å². The molecule has 2 nitrogen and oxygen atoms in total. The topological polar surface area (TPSA) is 26.3 Å². The van der Waals surface area contributed by atoms with E-state index in [-0.39, 0.29) is 11.0 Å². The van der Waals surface area contributed by atoms with E-state index in [1.54, 1.807) is 18.9 Å².